The zero-order valence-corrected chi connectivity index (χ0v) is 22.5. The van der Waals surface area contributed by atoms with Gasteiger partial charge >= 0.3 is 12.1 Å². The number of carboxylic acid groups (broad SMARTS) is 1. The number of hydrogen-bond acceptors (Lipinski definition) is 6. The quantitative estimate of drug-likeness (QED) is 0.266. The van der Waals surface area contributed by atoms with Gasteiger partial charge in [-0.2, -0.15) is 13.2 Å². The molecule has 1 aromatic heterocycles. The molecule has 3 aromatic rings. The van der Waals surface area contributed by atoms with Crippen LogP contribution < -0.4 is 4.74 Å². The van der Waals surface area contributed by atoms with Crippen LogP contribution in [-0.4, -0.2) is 58.6 Å². The van der Waals surface area contributed by atoms with Gasteiger partial charge in [0, 0.05) is 41.7 Å². The molecule has 1 fully saturated rings. The van der Waals surface area contributed by atoms with E-state index in [1.807, 2.05) is 18.2 Å². The highest BCUT2D eigenvalue weighted by Gasteiger charge is 2.34. The molecule has 0 amide bonds. The summed E-state index contributed by atoms with van der Waals surface area (Å²) in [5, 5.41) is 21.4. The van der Waals surface area contributed by atoms with Crippen molar-refractivity contribution in [2.45, 2.75) is 42.9 Å². The standard InChI is InChI=1S/C29H33F3N2O4S/c1-38-21-7-8-25-23(17-21)22(10-12-33-25)26(35)9-6-19-11-13-34(18-20(19)16-28(36)37)14-15-39-27-5-3-2-4-24(27)29(30,31)32/h2-5,7-8,10,12,17,19-20,26,35H,6,9,11,13-16,18H2,1H3,(H,36,37)/t19-,20+,26+/m1/s1. The van der Waals surface area contributed by atoms with Crippen molar-refractivity contribution in [3.8, 4) is 5.75 Å². The first-order valence-corrected chi connectivity index (χ1v) is 14.0. The molecular formula is C29H33F3N2O4S. The van der Waals surface area contributed by atoms with Crippen molar-refractivity contribution < 1.29 is 32.9 Å². The van der Waals surface area contributed by atoms with E-state index in [2.05, 4.69) is 9.88 Å². The summed E-state index contributed by atoms with van der Waals surface area (Å²) < 4.78 is 45.2. The van der Waals surface area contributed by atoms with Crippen LogP contribution in [0.15, 0.2) is 59.6 Å². The molecule has 2 N–H and O–H groups in total. The lowest BCUT2D eigenvalue weighted by Crippen LogP contribution is -2.42. The van der Waals surface area contributed by atoms with Crippen LogP contribution in [-0.2, 0) is 11.0 Å². The molecular weight excluding hydrogens is 529 g/mol. The Bertz CT molecular complexity index is 1270. The molecule has 1 aliphatic rings. The smallest absolute Gasteiger partial charge is 0.417 e. The SMILES string of the molecule is COc1ccc2nccc([C@@H](O)CC[C@@H]3CCN(CCSc4ccccc4C(F)(F)F)C[C@@H]3CC(=O)O)c2c1. The van der Waals surface area contributed by atoms with E-state index in [4.69, 9.17) is 4.74 Å². The highest BCUT2D eigenvalue weighted by atomic mass is 32.2. The fraction of sp³-hybridized carbons (Fsp3) is 0.448. The number of halogens is 3. The van der Waals surface area contributed by atoms with Gasteiger partial charge in [0.2, 0.25) is 0 Å². The molecule has 1 saturated heterocycles. The second-order valence-electron chi connectivity index (χ2n) is 9.93. The van der Waals surface area contributed by atoms with E-state index in [0.29, 0.717) is 37.4 Å². The lowest BCUT2D eigenvalue weighted by atomic mass is 9.79. The normalized spacial score (nSPS) is 19.2. The summed E-state index contributed by atoms with van der Waals surface area (Å²) in [6, 6.07) is 12.9. The predicted octanol–water partition coefficient (Wildman–Crippen LogP) is 6.28. The zero-order valence-electron chi connectivity index (χ0n) is 21.7. The Labute approximate surface area is 230 Å². The summed E-state index contributed by atoms with van der Waals surface area (Å²) in [5.74, 6) is 0.332. The van der Waals surface area contributed by atoms with E-state index in [0.717, 1.165) is 35.5 Å². The molecule has 0 radical (unpaired) electrons. The molecule has 210 valence electrons. The third-order valence-electron chi connectivity index (χ3n) is 7.42. The van der Waals surface area contributed by atoms with Crippen LogP contribution in [0.4, 0.5) is 13.2 Å². The second kappa shape index (κ2) is 13.0. The number of aromatic nitrogens is 1. The van der Waals surface area contributed by atoms with Crippen molar-refractivity contribution >= 4 is 28.6 Å². The molecule has 10 heteroatoms. The monoisotopic (exact) mass is 562 g/mol. The van der Waals surface area contributed by atoms with Crippen LogP contribution in [0.3, 0.4) is 0 Å². The topological polar surface area (TPSA) is 82.9 Å². The Morgan fingerprint density at radius 2 is 2.00 bits per heavy atom. The Morgan fingerprint density at radius 3 is 2.74 bits per heavy atom. The van der Waals surface area contributed by atoms with Crippen molar-refractivity contribution in [3.05, 3.63) is 65.9 Å². The number of aliphatic carboxylic acids is 1. The van der Waals surface area contributed by atoms with E-state index >= 15 is 0 Å². The molecule has 0 unspecified atom stereocenters. The molecule has 2 heterocycles. The minimum absolute atomic E-state index is 0.0245. The van der Waals surface area contributed by atoms with Crippen molar-refractivity contribution in [2.24, 2.45) is 11.8 Å². The minimum atomic E-state index is -4.40. The molecule has 4 rings (SSSR count). The maximum absolute atomic E-state index is 13.3. The van der Waals surface area contributed by atoms with Gasteiger partial charge in [-0.25, -0.2) is 0 Å². The van der Waals surface area contributed by atoms with E-state index in [-0.39, 0.29) is 23.2 Å². The first-order chi connectivity index (χ1) is 18.7. The molecule has 0 bridgehead atoms. The van der Waals surface area contributed by atoms with Crippen LogP contribution >= 0.6 is 11.8 Å². The summed E-state index contributed by atoms with van der Waals surface area (Å²) in [6.45, 7) is 1.89. The highest BCUT2D eigenvalue weighted by molar-refractivity contribution is 7.99. The molecule has 39 heavy (non-hydrogen) atoms. The number of carboxylic acids is 1. The van der Waals surface area contributed by atoms with Gasteiger partial charge in [-0.1, -0.05) is 12.1 Å². The Kier molecular flexibility index (Phi) is 9.74. The third kappa shape index (κ3) is 7.64. The number of methoxy groups -OCH3 is 1. The van der Waals surface area contributed by atoms with E-state index in [1.54, 1.807) is 25.4 Å². The first-order valence-electron chi connectivity index (χ1n) is 13.0. The summed E-state index contributed by atoms with van der Waals surface area (Å²) in [6.07, 6.45) is -1.49. The number of benzene rings is 2. The summed E-state index contributed by atoms with van der Waals surface area (Å²) in [7, 11) is 1.59. The molecule has 1 aliphatic heterocycles. The Balaban J connectivity index is 1.35. The van der Waals surface area contributed by atoms with Crippen molar-refractivity contribution in [2.75, 3.05) is 32.5 Å². The third-order valence-corrected chi connectivity index (χ3v) is 8.48. The number of likely N-dealkylation sites (tertiary alicyclic amines) is 1. The number of piperidine rings is 1. The number of pyridine rings is 1. The molecule has 0 aliphatic carbocycles. The molecule has 6 nitrogen and oxygen atoms in total. The van der Waals surface area contributed by atoms with E-state index in [1.165, 1.54) is 23.9 Å². The minimum Gasteiger partial charge on any atom is -0.497 e. The maximum Gasteiger partial charge on any atom is 0.417 e. The number of ether oxygens (including phenoxy) is 1. The van der Waals surface area contributed by atoms with Gasteiger partial charge in [0.05, 0.1) is 24.3 Å². The molecule has 3 atom stereocenters. The maximum atomic E-state index is 13.3. The highest BCUT2D eigenvalue weighted by Crippen LogP contribution is 2.37. The molecule has 0 spiro atoms. The van der Waals surface area contributed by atoms with Crippen LogP contribution in [0.2, 0.25) is 0 Å². The van der Waals surface area contributed by atoms with Crippen LogP contribution in [0.5, 0.6) is 5.75 Å². The first kappa shape index (κ1) is 29.2. The predicted molar refractivity (Wildman–Crippen MR) is 145 cm³/mol. The van der Waals surface area contributed by atoms with Crippen LogP contribution in [0.1, 0.15) is 42.9 Å². The van der Waals surface area contributed by atoms with Gasteiger partial charge in [-0.15, -0.1) is 11.8 Å². The summed E-state index contributed by atoms with van der Waals surface area (Å²) in [4.78, 5) is 18.3. The van der Waals surface area contributed by atoms with Gasteiger partial charge in [-0.05, 0) is 79.6 Å². The van der Waals surface area contributed by atoms with Gasteiger partial charge in [0.15, 0.2) is 0 Å². The number of fused-ring (bicyclic) bond motifs is 1. The average Bonchev–Trinajstić information content (AvgIpc) is 2.91. The fourth-order valence-electron chi connectivity index (χ4n) is 5.40. The number of rotatable bonds is 11. The zero-order chi connectivity index (χ0) is 28.0. The van der Waals surface area contributed by atoms with Gasteiger partial charge < -0.3 is 19.8 Å². The Hall–Kier alpha value is -2.82. The van der Waals surface area contributed by atoms with Crippen LogP contribution in [0, 0.1) is 11.8 Å². The van der Waals surface area contributed by atoms with Crippen molar-refractivity contribution in [3.63, 3.8) is 0 Å². The van der Waals surface area contributed by atoms with Crippen molar-refractivity contribution in [1.29, 1.82) is 0 Å². The average molecular weight is 563 g/mol. The number of carbonyl (C=O) groups is 1. The number of aliphatic hydroxyl groups is 1. The number of alkyl halides is 3. The number of thioether (sulfide) groups is 1. The van der Waals surface area contributed by atoms with Gasteiger partial charge in [0.1, 0.15) is 5.75 Å². The van der Waals surface area contributed by atoms with E-state index in [9.17, 15) is 28.2 Å². The van der Waals surface area contributed by atoms with Crippen LogP contribution in [0.25, 0.3) is 10.9 Å². The molecule has 0 saturated carbocycles. The van der Waals surface area contributed by atoms with E-state index < -0.39 is 23.8 Å². The van der Waals surface area contributed by atoms with Crippen molar-refractivity contribution in [1.82, 2.24) is 9.88 Å². The van der Waals surface area contributed by atoms with Gasteiger partial charge in [-0.3, -0.25) is 9.78 Å². The number of hydrogen-bond donors (Lipinski definition) is 2. The summed E-state index contributed by atoms with van der Waals surface area (Å²) >= 11 is 1.17. The molecule has 2 aromatic carbocycles. The lowest BCUT2D eigenvalue weighted by molar-refractivity contribution is -0.140. The number of aliphatic hydroxyl groups excluding tert-OH is 1. The lowest BCUT2D eigenvalue weighted by Gasteiger charge is -2.38. The van der Waals surface area contributed by atoms with Gasteiger partial charge in [0.25, 0.3) is 0 Å². The summed E-state index contributed by atoms with van der Waals surface area (Å²) in [5.41, 5.74) is 0.902. The number of nitrogens with zero attached hydrogens (tertiary/aromatic N) is 2. The largest absolute Gasteiger partial charge is 0.497 e. The second-order valence-corrected chi connectivity index (χ2v) is 11.1. The Morgan fingerprint density at radius 1 is 1.21 bits per heavy atom. The fourth-order valence-corrected chi connectivity index (χ4v) is 6.48.